The van der Waals surface area contributed by atoms with Gasteiger partial charge < -0.3 is 15.4 Å². The molecule has 0 amide bonds. The Hall–Kier alpha value is -3.03. The number of aromatic nitrogens is 3. The SMILES string of the molecule is Nc1ncnc2c1c(-c1ccccc1)cn2-c1ccc(CS(=O)CCO)cc1. The first-order valence-electron chi connectivity index (χ1n) is 8.89. The number of benzene rings is 2. The maximum absolute atomic E-state index is 11.9. The minimum atomic E-state index is -1.06. The van der Waals surface area contributed by atoms with Crippen LogP contribution in [0.15, 0.2) is 67.1 Å². The van der Waals surface area contributed by atoms with Gasteiger partial charge in [0.1, 0.15) is 12.1 Å². The molecule has 0 radical (unpaired) electrons. The van der Waals surface area contributed by atoms with Crippen molar-refractivity contribution in [1.29, 1.82) is 0 Å². The van der Waals surface area contributed by atoms with Crippen LogP contribution in [0.3, 0.4) is 0 Å². The van der Waals surface area contributed by atoms with Crippen LogP contribution in [-0.4, -0.2) is 36.2 Å². The summed E-state index contributed by atoms with van der Waals surface area (Å²) in [7, 11) is -1.06. The summed E-state index contributed by atoms with van der Waals surface area (Å²) in [6.45, 7) is -0.0660. The second kappa shape index (κ2) is 7.92. The number of aliphatic hydroxyl groups excluding tert-OH is 1. The van der Waals surface area contributed by atoms with E-state index in [9.17, 15) is 4.21 Å². The summed E-state index contributed by atoms with van der Waals surface area (Å²) in [5.41, 5.74) is 10.8. The van der Waals surface area contributed by atoms with E-state index in [1.165, 1.54) is 6.33 Å². The Morgan fingerprint density at radius 2 is 1.79 bits per heavy atom. The Morgan fingerprint density at radius 1 is 1.04 bits per heavy atom. The van der Waals surface area contributed by atoms with Crippen molar-refractivity contribution in [1.82, 2.24) is 14.5 Å². The normalized spacial score (nSPS) is 12.3. The molecular formula is C21H20N4O2S. The lowest BCUT2D eigenvalue weighted by Crippen LogP contribution is -2.04. The fraction of sp³-hybridized carbons (Fsp3) is 0.143. The van der Waals surface area contributed by atoms with Crippen LogP contribution in [0.4, 0.5) is 5.82 Å². The fourth-order valence-corrected chi connectivity index (χ4v) is 4.14. The average Bonchev–Trinajstić information content (AvgIpc) is 3.10. The molecule has 2 heterocycles. The molecule has 0 spiro atoms. The van der Waals surface area contributed by atoms with E-state index >= 15 is 0 Å². The number of hydrogen-bond acceptors (Lipinski definition) is 5. The maximum Gasteiger partial charge on any atom is 0.150 e. The average molecular weight is 392 g/mol. The number of nitrogens with zero attached hydrogens (tertiary/aromatic N) is 3. The van der Waals surface area contributed by atoms with Crippen LogP contribution in [0.5, 0.6) is 0 Å². The highest BCUT2D eigenvalue weighted by Gasteiger charge is 2.16. The molecule has 0 fully saturated rings. The summed E-state index contributed by atoms with van der Waals surface area (Å²) in [6, 6.07) is 17.8. The van der Waals surface area contributed by atoms with E-state index in [1.807, 2.05) is 65.4 Å². The Bertz CT molecular complexity index is 1120. The number of nitrogen functional groups attached to an aromatic ring is 1. The van der Waals surface area contributed by atoms with Crippen molar-refractivity contribution in [2.24, 2.45) is 0 Å². The largest absolute Gasteiger partial charge is 0.395 e. The van der Waals surface area contributed by atoms with Gasteiger partial charge in [0.05, 0.1) is 12.0 Å². The van der Waals surface area contributed by atoms with Crippen molar-refractivity contribution >= 4 is 27.7 Å². The van der Waals surface area contributed by atoms with E-state index in [0.717, 1.165) is 33.4 Å². The van der Waals surface area contributed by atoms with Crippen molar-refractivity contribution in [2.75, 3.05) is 18.1 Å². The number of rotatable bonds is 6. The third-order valence-corrected chi connectivity index (χ3v) is 5.85. The lowest BCUT2D eigenvalue weighted by molar-refractivity contribution is 0.321. The van der Waals surface area contributed by atoms with Crippen LogP contribution in [0.2, 0.25) is 0 Å². The molecule has 3 N–H and O–H groups in total. The number of nitrogens with two attached hydrogens (primary N) is 1. The summed E-state index contributed by atoms with van der Waals surface area (Å²) >= 11 is 0. The van der Waals surface area contributed by atoms with Gasteiger partial charge in [-0.15, -0.1) is 0 Å². The summed E-state index contributed by atoms with van der Waals surface area (Å²) in [4.78, 5) is 8.62. The molecule has 0 saturated carbocycles. The quantitative estimate of drug-likeness (QED) is 0.526. The van der Waals surface area contributed by atoms with Gasteiger partial charge in [0.25, 0.3) is 0 Å². The molecule has 2 aromatic carbocycles. The number of hydrogen-bond donors (Lipinski definition) is 2. The smallest absolute Gasteiger partial charge is 0.150 e. The van der Waals surface area contributed by atoms with E-state index in [4.69, 9.17) is 10.8 Å². The zero-order chi connectivity index (χ0) is 19.5. The molecule has 1 atom stereocenters. The zero-order valence-electron chi connectivity index (χ0n) is 15.2. The minimum Gasteiger partial charge on any atom is -0.395 e. The molecular weight excluding hydrogens is 372 g/mol. The standard InChI is InChI=1S/C21H20N4O2S/c22-20-19-18(16-4-2-1-3-5-16)12-25(21(19)24-14-23-20)17-8-6-15(7-9-17)13-28(27)11-10-26/h1-9,12,14,26H,10-11,13H2,(H2,22,23,24). The third kappa shape index (κ3) is 3.54. The molecule has 0 saturated heterocycles. The highest BCUT2D eigenvalue weighted by Crippen LogP contribution is 2.34. The Balaban J connectivity index is 1.77. The molecule has 2 aromatic heterocycles. The minimum absolute atomic E-state index is 0.0660. The molecule has 4 rings (SSSR count). The number of anilines is 1. The van der Waals surface area contributed by atoms with E-state index in [1.54, 1.807) is 0 Å². The van der Waals surface area contributed by atoms with Crippen LogP contribution in [0.25, 0.3) is 27.8 Å². The first kappa shape index (κ1) is 18.3. The highest BCUT2D eigenvalue weighted by atomic mass is 32.2. The second-order valence-electron chi connectivity index (χ2n) is 6.41. The summed E-state index contributed by atoms with van der Waals surface area (Å²) in [5, 5.41) is 9.73. The van der Waals surface area contributed by atoms with Gasteiger partial charge in [0.2, 0.25) is 0 Å². The first-order valence-corrected chi connectivity index (χ1v) is 10.4. The first-order chi connectivity index (χ1) is 13.7. The molecule has 0 bridgehead atoms. The molecule has 1 unspecified atom stereocenters. The second-order valence-corrected chi connectivity index (χ2v) is 7.99. The zero-order valence-corrected chi connectivity index (χ0v) is 16.0. The van der Waals surface area contributed by atoms with Gasteiger partial charge in [-0.2, -0.15) is 0 Å². The van der Waals surface area contributed by atoms with Gasteiger partial charge in [-0.1, -0.05) is 42.5 Å². The molecule has 0 aliphatic carbocycles. The van der Waals surface area contributed by atoms with Gasteiger partial charge in [-0.3, -0.25) is 4.21 Å². The van der Waals surface area contributed by atoms with Crippen molar-refractivity contribution in [3.05, 3.63) is 72.7 Å². The van der Waals surface area contributed by atoms with E-state index in [2.05, 4.69) is 9.97 Å². The van der Waals surface area contributed by atoms with Gasteiger partial charge in [-0.25, -0.2) is 9.97 Å². The van der Waals surface area contributed by atoms with Crippen LogP contribution in [0, 0.1) is 0 Å². The Kier molecular flexibility index (Phi) is 5.18. The van der Waals surface area contributed by atoms with Gasteiger partial charge in [-0.05, 0) is 23.3 Å². The number of fused-ring (bicyclic) bond motifs is 1. The van der Waals surface area contributed by atoms with Crippen LogP contribution in [0.1, 0.15) is 5.56 Å². The molecule has 142 valence electrons. The van der Waals surface area contributed by atoms with Crippen molar-refractivity contribution in [3.8, 4) is 16.8 Å². The van der Waals surface area contributed by atoms with Crippen molar-refractivity contribution in [2.45, 2.75) is 5.75 Å². The highest BCUT2D eigenvalue weighted by molar-refractivity contribution is 7.84. The van der Waals surface area contributed by atoms with Crippen LogP contribution in [-0.2, 0) is 16.6 Å². The predicted octanol–water partition coefficient (Wildman–Crippen LogP) is 2.91. The summed E-state index contributed by atoms with van der Waals surface area (Å²) in [5.74, 6) is 1.16. The molecule has 6 nitrogen and oxygen atoms in total. The summed E-state index contributed by atoms with van der Waals surface area (Å²) in [6.07, 6.45) is 3.49. The van der Waals surface area contributed by atoms with Crippen molar-refractivity contribution < 1.29 is 9.32 Å². The topological polar surface area (TPSA) is 94.0 Å². The molecule has 0 aliphatic heterocycles. The Morgan fingerprint density at radius 3 is 2.50 bits per heavy atom. The van der Waals surface area contributed by atoms with Crippen LogP contribution < -0.4 is 5.73 Å². The molecule has 28 heavy (non-hydrogen) atoms. The Labute approximate surface area is 165 Å². The van der Waals surface area contributed by atoms with Gasteiger partial charge >= 0.3 is 0 Å². The van der Waals surface area contributed by atoms with Crippen LogP contribution >= 0.6 is 0 Å². The molecule has 4 aromatic rings. The van der Waals surface area contributed by atoms with E-state index < -0.39 is 10.8 Å². The lowest BCUT2D eigenvalue weighted by Gasteiger charge is -2.07. The fourth-order valence-electron chi connectivity index (χ4n) is 3.23. The van der Waals surface area contributed by atoms with Gasteiger partial charge in [0.15, 0.2) is 5.65 Å². The summed E-state index contributed by atoms with van der Waals surface area (Å²) < 4.78 is 13.8. The lowest BCUT2D eigenvalue weighted by atomic mass is 10.1. The maximum atomic E-state index is 11.9. The van der Waals surface area contributed by atoms with Gasteiger partial charge in [0, 0.05) is 39.8 Å². The monoisotopic (exact) mass is 392 g/mol. The molecule has 0 aliphatic rings. The predicted molar refractivity (Wildman–Crippen MR) is 113 cm³/mol. The van der Waals surface area contributed by atoms with E-state index in [-0.39, 0.29) is 6.61 Å². The van der Waals surface area contributed by atoms with E-state index in [0.29, 0.717) is 17.3 Å². The molecule has 7 heteroatoms. The third-order valence-electron chi connectivity index (χ3n) is 4.56. The number of aliphatic hydroxyl groups is 1. The van der Waals surface area contributed by atoms with Crippen molar-refractivity contribution in [3.63, 3.8) is 0 Å².